The number of piperidine rings is 1. The molecule has 2 heterocycles. The van der Waals surface area contributed by atoms with Crippen LogP contribution in [-0.2, 0) is 9.53 Å². The van der Waals surface area contributed by atoms with Crippen molar-refractivity contribution in [1.82, 2.24) is 10.6 Å². The predicted octanol–water partition coefficient (Wildman–Crippen LogP) is 3.04. The second-order valence-corrected chi connectivity index (χ2v) is 7.91. The van der Waals surface area contributed by atoms with E-state index >= 15 is 0 Å². The first-order chi connectivity index (χ1) is 10.7. The minimum absolute atomic E-state index is 0. The molecular weight excluding hydrogens is 312 g/mol. The predicted molar refractivity (Wildman–Crippen MR) is 94.9 cm³/mol. The molecule has 5 heteroatoms. The highest BCUT2D eigenvalue weighted by atomic mass is 35.5. The molecule has 2 atom stereocenters. The number of rotatable bonds is 7. The molecule has 1 amide bonds. The summed E-state index contributed by atoms with van der Waals surface area (Å²) in [7, 11) is 1.77. The van der Waals surface area contributed by atoms with E-state index in [4.69, 9.17) is 4.74 Å². The van der Waals surface area contributed by atoms with E-state index in [-0.39, 0.29) is 18.3 Å². The fourth-order valence-corrected chi connectivity index (χ4v) is 4.92. The van der Waals surface area contributed by atoms with Gasteiger partial charge in [0.15, 0.2) is 0 Å². The Kier molecular flexibility index (Phi) is 7.18. The summed E-state index contributed by atoms with van der Waals surface area (Å²) in [5, 5.41) is 6.91. The van der Waals surface area contributed by atoms with Crippen LogP contribution in [0.2, 0.25) is 0 Å². The number of hydrogen-bond donors (Lipinski definition) is 2. The van der Waals surface area contributed by atoms with E-state index in [9.17, 15) is 4.79 Å². The van der Waals surface area contributed by atoms with Gasteiger partial charge in [0, 0.05) is 38.8 Å². The molecule has 2 bridgehead atoms. The zero-order valence-electron chi connectivity index (χ0n) is 14.4. The Hall–Kier alpha value is -0.320. The van der Waals surface area contributed by atoms with Gasteiger partial charge >= 0.3 is 0 Å². The maximum Gasteiger partial charge on any atom is 0.220 e. The van der Waals surface area contributed by atoms with E-state index in [1.54, 1.807) is 7.11 Å². The summed E-state index contributed by atoms with van der Waals surface area (Å²) >= 11 is 0. The van der Waals surface area contributed by atoms with Crippen LogP contribution in [-0.4, -0.2) is 38.3 Å². The van der Waals surface area contributed by atoms with Gasteiger partial charge < -0.3 is 15.4 Å². The first kappa shape index (κ1) is 19.0. The number of hydrogen-bond acceptors (Lipinski definition) is 3. The van der Waals surface area contributed by atoms with Crippen molar-refractivity contribution in [3.05, 3.63) is 0 Å². The molecule has 0 aromatic rings. The number of nitrogens with one attached hydrogen (secondary N) is 2. The summed E-state index contributed by atoms with van der Waals surface area (Å²) in [5.41, 5.74) is 0.304. The van der Waals surface area contributed by atoms with Crippen molar-refractivity contribution in [2.24, 2.45) is 11.3 Å². The Labute approximate surface area is 146 Å². The van der Waals surface area contributed by atoms with Crippen LogP contribution in [0.3, 0.4) is 0 Å². The molecule has 2 unspecified atom stereocenters. The fourth-order valence-electron chi connectivity index (χ4n) is 4.92. The summed E-state index contributed by atoms with van der Waals surface area (Å²) in [6, 6.07) is 1.36. The summed E-state index contributed by atoms with van der Waals surface area (Å²) < 4.78 is 5.27. The third-order valence-electron chi connectivity index (χ3n) is 6.21. The number of ether oxygens (including phenoxy) is 1. The highest BCUT2D eigenvalue weighted by Crippen LogP contribution is 2.40. The van der Waals surface area contributed by atoms with E-state index in [1.807, 2.05) is 0 Å². The van der Waals surface area contributed by atoms with Crippen LogP contribution >= 0.6 is 12.4 Å². The summed E-state index contributed by atoms with van der Waals surface area (Å²) in [6.45, 7) is 1.67. The molecule has 0 aromatic heterocycles. The lowest BCUT2D eigenvalue weighted by Crippen LogP contribution is -2.41. The van der Waals surface area contributed by atoms with Gasteiger partial charge in [0.05, 0.1) is 0 Å². The van der Waals surface area contributed by atoms with Crippen LogP contribution in [0.15, 0.2) is 0 Å². The molecular formula is C18H33ClN2O2. The van der Waals surface area contributed by atoms with Gasteiger partial charge in [0.1, 0.15) is 0 Å². The van der Waals surface area contributed by atoms with Crippen molar-refractivity contribution >= 4 is 18.3 Å². The Bertz CT molecular complexity index is 373. The van der Waals surface area contributed by atoms with Crippen LogP contribution in [0, 0.1) is 11.3 Å². The third kappa shape index (κ3) is 5.07. The number of halogens is 1. The van der Waals surface area contributed by atoms with Gasteiger partial charge in [-0.25, -0.2) is 0 Å². The highest BCUT2D eigenvalue weighted by molar-refractivity contribution is 5.85. The largest absolute Gasteiger partial charge is 0.385 e. The zero-order chi connectivity index (χ0) is 15.4. The quantitative estimate of drug-likeness (QED) is 0.746. The van der Waals surface area contributed by atoms with Crippen LogP contribution in [0.4, 0.5) is 0 Å². The van der Waals surface area contributed by atoms with Gasteiger partial charge in [-0.15, -0.1) is 12.4 Å². The van der Waals surface area contributed by atoms with Crippen molar-refractivity contribution < 1.29 is 9.53 Å². The van der Waals surface area contributed by atoms with Crippen molar-refractivity contribution in [1.29, 1.82) is 0 Å². The monoisotopic (exact) mass is 344 g/mol. The Morgan fingerprint density at radius 3 is 2.48 bits per heavy atom. The molecule has 1 saturated carbocycles. The van der Waals surface area contributed by atoms with Gasteiger partial charge in [0.25, 0.3) is 0 Å². The molecule has 0 radical (unpaired) electrons. The van der Waals surface area contributed by atoms with Gasteiger partial charge in [0.2, 0.25) is 5.91 Å². The highest BCUT2D eigenvalue weighted by Gasteiger charge is 2.36. The Morgan fingerprint density at radius 2 is 1.87 bits per heavy atom. The maximum atomic E-state index is 12.4. The van der Waals surface area contributed by atoms with Gasteiger partial charge in [-0.1, -0.05) is 12.8 Å². The molecule has 3 fully saturated rings. The van der Waals surface area contributed by atoms with E-state index < -0.39 is 0 Å². The lowest BCUT2D eigenvalue weighted by Gasteiger charge is -2.31. The molecule has 1 aliphatic carbocycles. The molecule has 2 N–H and O–H groups in total. The van der Waals surface area contributed by atoms with Gasteiger partial charge in [-0.3, -0.25) is 4.79 Å². The molecule has 3 rings (SSSR count). The van der Waals surface area contributed by atoms with Gasteiger partial charge in [-0.2, -0.15) is 0 Å². The minimum Gasteiger partial charge on any atom is -0.385 e. The number of carbonyl (C=O) groups excluding carboxylic acids is 1. The van der Waals surface area contributed by atoms with Gasteiger partial charge in [-0.05, 0) is 56.3 Å². The molecule has 4 nitrogen and oxygen atoms in total. The number of amides is 1. The second kappa shape index (κ2) is 8.68. The summed E-state index contributed by atoms with van der Waals surface area (Å²) in [5.74, 6) is 0.868. The number of fused-ring (bicyclic) bond motifs is 2. The van der Waals surface area contributed by atoms with Crippen molar-refractivity contribution in [3.63, 3.8) is 0 Å². The van der Waals surface area contributed by atoms with Crippen LogP contribution in [0.25, 0.3) is 0 Å². The second-order valence-electron chi connectivity index (χ2n) is 7.91. The van der Waals surface area contributed by atoms with Crippen molar-refractivity contribution in [3.8, 4) is 0 Å². The average molecular weight is 345 g/mol. The lowest BCUT2D eigenvalue weighted by molar-refractivity contribution is -0.122. The fraction of sp³-hybridized carbons (Fsp3) is 0.944. The molecule has 2 saturated heterocycles. The molecule has 2 aliphatic heterocycles. The zero-order valence-corrected chi connectivity index (χ0v) is 15.3. The first-order valence-corrected chi connectivity index (χ1v) is 9.21. The van der Waals surface area contributed by atoms with Crippen molar-refractivity contribution in [2.75, 3.05) is 20.3 Å². The lowest BCUT2D eigenvalue weighted by atomic mass is 9.82. The van der Waals surface area contributed by atoms with Crippen LogP contribution in [0.5, 0.6) is 0 Å². The molecule has 0 aromatic carbocycles. The Balaban J connectivity index is 0.00000192. The molecule has 3 aliphatic rings. The summed E-state index contributed by atoms with van der Waals surface area (Å²) in [4.78, 5) is 12.4. The number of carbonyl (C=O) groups is 1. The average Bonchev–Trinajstić information content (AvgIpc) is 3.11. The van der Waals surface area contributed by atoms with E-state index in [0.717, 1.165) is 26.0 Å². The third-order valence-corrected chi connectivity index (χ3v) is 6.21. The molecule has 134 valence electrons. The minimum atomic E-state index is 0. The SMILES string of the molecule is COCCC1(CNC(=O)CC2CC3CCC(C2)N3)CCCC1.Cl. The van der Waals surface area contributed by atoms with Crippen LogP contribution in [0.1, 0.15) is 64.2 Å². The van der Waals surface area contributed by atoms with Crippen molar-refractivity contribution in [2.45, 2.75) is 76.3 Å². The maximum absolute atomic E-state index is 12.4. The van der Waals surface area contributed by atoms with E-state index in [1.165, 1.54) is 51.4 Å². The Morgan fingerprint density at radius 1 is 1.22 bits per heavy atom. The summed E-state index contributed by atoms with van der Waals surface area (Å²) in [6.07, 6.45) is 11.9. The molecule has 23 heavy (non-hydrogen) atoms. The topological polar surface area (TPSA) is 50.4 Å². The normalized spacial score (nSPS) is 31.6. The number of methoxy groups -OCH3 is 1. The first-order valence-electron chi connectivity index (χ1n) is 9.21. The smallest absolute Gasteiger partial charge is 0.220 e. The van der Waals surface area contributed by atoms with E-state index in [2.05, 4.69) is 10.6 Å². The standard InChI is InChI=1S/C18H32N2O2.ClH/c1-22-9-8-18(6-2-3-7-18)13-19-17(21)12-14-10-15-4-5-16(11-14)20-15;/h14-16,20H,2-13H2,1H3,(H,19,21);1H. The van der Waals surface area contributed by atoms with E-state index in [0.29, 0.717) is 23.4 Å². The van der Waals surface area contributed by atoms with Crippen LogP contribution < -0.4 is 10.6 Å². The molecule has 0 spiro atoms.